The average molecular weight is 401 g/mol. The van der Waals surface area contributed by atoms with Gasteiger partial charge in [-0.05, 0) is 19.8 Å². The van der Waals surface area contributed by atoms with E-state index in [4.69, 9.17) is 14.2 Å². The van der Waals surface area contributed by atoms with E-state index >= 15 is 0 Å². The van der Waals surface area contributed by atoms with E-state index in [1.165, 1.54) is 0 Å². The topological polar surface area (TPSA) is 64.1 Å². The minimum atomic E-state index is 0. The van der Waals surface area contributed by atoms with Gasteiger partial charge in [0.05, 0.1) is 32.5 Å². The number of rotatable bonds is 9. The maximum absolute atomic E-state index is 5.56. The van der Waals surface area contributed by atoms with Crippen molar-refractivity contribution in [3.8, 4) is 0 Å². The van der Waals surface area contributed by atoms with Crippen LogP contribution in [-0.4, -0.2) is 65.2 Å². The molecule has 0 aliphatic carbocycles. The summed E-state index contributed by atoms with van der Waals surface area (Å²) in [6.45, 7) is 7.13. The van der Waals surface area contributed by atoms with Gasteiger partial charge in [-0.25, -0.2) is 0 Å². The quantitative estimate of drug-likeness (QED) is 0.261. The number of nitrogens with zero attached hydrogens (tertiary/aromatic N) is 1. The second-order valence-electron chi connectivity index (χ2n) is 4.39. The third kappa shape index (κ3) is 9.73. The number of ether oxygens (including phenoxy) is 3. The minimum absolute atomic E-state index is 0. The predicted molar refractivity (Wildman–Crippen MR) is 91.1 cm³/mol. The third-order valence-electron chi connectivity index (χ3n) is 2.78. The van der Waals surface area contributed by atoms with Gasteiger partial charge in [0, 0.05) is 26.8 Å². The first-order valence-electron chi connectivity index (χ1n) is 7.07. The standard InChI is InChI=1S/C13H27N3O3.HI/c1-3-14-13(15-6-9-17-2)16-7-10-18-11-12-5-4-8-19-12;/h12H,3-11H2,1-2H3,(H2,14,15,16);1H. The number of hydrogen-bond acceptors (Lipinski definition) is 4. The van der Waals surface area contributed by atoms with Gasteiger partial charge in [0.25, 0.3) is 0 Å². The van der Waals surface area contributed by atoms with Crippen LogP contribution < -0.4 is 10.6 Å². The van der Waals surface area contributed by atoms with Gasteiger partial charge < -0.3 is 24.8 Å². The lowest BCUT2D eigenvalue weighted by molar-refractivity contribution is 0.0200. The summed E-state index contributed by atoms with van der Waals surface area (Å²) < 4.78 is 16.0. The van der Waals surface area contributed by atoms with Crippen molar-refractivity contribution in [2.24, 2.45) is 4.99 Å². The molecule has 0 spiro atoms. The Balaban J connectivity index is 0.00000361. The molecule has 1 aliphatic rings. The molecule has 0 aromatic carbocycles. The van der Waals surface area contributed by atoms with E-state index < -0.39 is 0 Å². The van der Waals surface area contributed by atoms with E-state index in [0.717, 1.165) is 38.5 Å². The third-order valence-corrected chi connectivity index (χ3v) is 2.78. The first kappa shape index (κ1) is 19.9. The summed E-state index contributed by atoms with van der Waals surface area (Å²) in [6.07, 6.45) is 2.56. The number of methoxy groups -OCH3 is 1. The van der Waals surface area contributed by atoms with Crippen molar-refractivity contribution in [3.05, 3.63) is 0 Å². The Morgan fingerprint density at radius 3 is 2.85 bits per heavy atom. The first-order chi connectivity index (χ1) is 9.36. The molecule has 0 aromatic rings. The lowest BCUT2D eigenvalue weighted by Crippen LogP contribution is -2.39. The molecule has 1 atom stereocenters. The monoisotopic (exact) mass is 401 g/mol. The predicted octanol–water partition coefficient (Wildman–Crippen LogP) is 1.00. The summed E-state index contributed by atoms with van der Waals surface area (Å²) in [7, 11) is 1.69. The van der Waals surface area contributed by atoms with Crippen molar-refractivity contribution < 1.29 is 14.2 Å². The van der Waals surface area contributed by atoms with Crippen molar-refractivity contribution in [2.75, 3.05) is 53.2 Å². The molecule has 1 heterocycles. The molecule has 1 fully saturated rings. The highest BCUT2D eigenvalue weighted by atomic mass is 127. The molecule has 1 rings (SSSR count). The molecule has 6 nitrogen and oxygen atoms in total. The number of aliphatic imine (C=N–C) groups is 1. The van der Waals surface area contributed by atoms with Gasteiger partial charge in [0.2, 0.25) is 0 Å². The van der Waals surface area contributed by atoms with Crippen LogP contribution in [0.2, 0.25) is 0 Å². The van der Waals surface area contributed by atoms with Crippen LogP contribution in [-0.2, 0) is 14.2 Å². The minimum Gasteiger partial charge on any atom is -0.383 e. The Labute approximate surface area is 139 Å². The molecule has 20 heavy (non-hydrogen) atoms. The van der Waals surface area contributed by atoms with E-state index in [-0.39, 0.29) is 30.1 Å². The van der Waals surface area contributed by atoms with Crippen LogP contribution in [0, 0.1) is 0 Å². The van der Waals surface area contributed by atoms with Crippen LogP contribution >= 0.6 is 24.0 Å². The van der Waals surface area contributed by atoms with Crippen molar-refractivity contribution in [1.82, 2.24) is 10.6 Å². The van der Waals surface area contributed by atoms with Crippen LogP contribution in [0.1, 0.15) is 19.8 Å². The Morgan fingerprint density at radius 1 is 1.35 bits per heavy atom. The second kappa shape index (κ2) is 13.8. The molecule has 0 aromatic heterocycles. The Kier molecular flexibility index (Phi) is 13.8. The Bertz CT molecular complexity index is 249. The summed E-state index contributed by atoms with van der Waals surface area (Å²) in [4.78, 5) is 4.42. The van der Waals surface area contributed by atoms with Crippen LogP contribution in [0.4, 0.5) is 0 Å². The summed E-state index contributed by atoms with van der Waals surface area (Å²) >= 11 is 0. The second-order valence-corrected chi connectivity index (χ2v) is 4.39. The van der Waals surface area contributed by atoms with Crippen LogP contribution in [0.5, 0.6) is 0 Å². The largest absolute Gasteiger partial charge is 0.383 e. The first-order valence-corrected chi connectivity index (χ1v) is 7.07. The Morgan fingerprint density at radius 2 is 2.20 bits per heavy atom. The summed E-state index contributed by atoms with van der Waals surface area (Å²) in [5.74, 6) is 0.806. The number of hydrogen-bond donors (Lipinski definition) is 2. The molecule has 0 radical (unpaired) electrons. The number of guanidine groups is 1. The van der Waals surface area contributed by atoms with E-state index in [0.29, 0.717) is 26.4 Å². The molecular formula is C13H28IN3O3. The zero-order valence-corrected chi connectivity index (χ0v) is 14.9. The molecule has 0 amide bonds. The summed E-state index contributed by atoms with van der Waals surface area (Å²) in [5.41, 5.74) is 0. The van der Waals surface area contributed by atoms with E-state index in [9.17, 15) is 0 Å². The zero-order valence-electron chi connectivity index (χ0n) is 12.5. The maximum atomic E-state index is 5.56. The van der Waals surface area contributed by atoms with Crippen molar-refractivity contribution in [2.45, 2.75) is 25.9 Å². The summed E-state index contributed by atoms with van der Waals surface area (Å²) in [5, 5.41) is 6.36. The van der Waals surface area contributed by atoms with Gasteiger partial charge in [-0.1, -0.05) is 0 Å². The average Bonchev–Trinajstić information content (AvgIpc) is 2.91. The van der Waals surface area contributed by atoms with E-state index in [1.54, 1.807) is 7.11 Å². The van der Waals surface area contributed by atoms with Gasteiger partial charge in [-0.3, -0.25) is 4.99 Å². The van der Waals surface area contributed by atoms with E-state index in [1.807, 2.05) is 6.92 Å². The highest BCUT2D eigenvalue weighted by Gasteiger charge is 2.14. The van der Waals surface area contributed by atoms with Gasteiger partial charge in [-0.2, -0.15) is 0 Å². The molecule has 7 heteroatoms. The van der Waals surface area contributed by atoms with Crippen molar-refractivity contribution >= 4 is 29.9 Å². The molecular weight excluding hydrogens is 373 g/mol. The fraction of sp³-hybridized carbons (Fsp3) is 0.923. The van der Waals surface area contributed by atoms with Gasteiger partial charge in [-0.15, -0.1) is 24.0 Å². The molecule has 1 unspecified atom stereocenters. The fourth-order valence-electron chi connectivity index (χ4n) is 1.83. The maximum Gasteiger partial charge on any atom is 0.191 e. The Hall–Kier alpha value is -0.120. The van der Waals surface area contributed by atoms with Crippen LogP contribution in [0.25, 0.3) is 0 Å². The van der Waals surface area contributed by atoms with Gasteiger partial charge in [0.1, 0.15) is 0 Å². The lowest BCUT2D eigenvalue weighted by atomic mass is 10.2. The van der Waals surface area contributed by atoms with Gasteiger partial charge in [0.15, 0.2) is 5.96 Å². The molecule has 1 aliphatic heterocycles. The van der Waals surface area contributed by atoms with Crippen molar-refractivity contribution in [3.63, 3.8) is 0 Å². The van der Waals surface area contributed by atoms with Crippen LogP contribution in [0.3, 0.4) is 0 Å². The highest BCUT2D eigenvalue weighted by molar-refractivity contribution is 14.0. The molecule has 120 valence electrons. The van der Waals surface area contributed by atoms with Crippen LogP contribution in [0.15, 0.2) is 4.99 Å². The lowest BCUT2D eigenvalue weighted by Gasteiger charge is -2.11. The summed E-state index contributed by atoms with van der Waals surface area (Å²) in [6, 6.07) is 0. The SMILES string of the molecule is CCNC(=NCCOCC1CCCO1)NCCOC.I. The van der Waals surface area contributed by atoms with E-state index in [2.05, 4.69) is 15.6 Å². The fourth-order valence-corrected chi connectivity index (χ4v) is 1.83. The highest BCUT2D eigenvalue weighted by Crippen LogP contribution is 2.11. The number of halogens is 1. The molecule has 0 saturated carbocycles. The smallest absolute Gasteiger partial charge is 0.191 e. The van der Waals surface area contributed by atoms with Crippen molar-refractivity contribution in [1.29, 1.82) is 0 Å². The molecule has 1 saturated heterocycles. The molecule has 0 bridgehead atoms. The molecule has 2 N–H and O–H groups in total. The normalized spacial score (nSPS) is 18.7. The zero-order chi connectivity index (χ0) is 13.8. The van der Waals surface area contributed by atoms with Gasteiger partial charge >= 0.3 is 0 Å². The number of nitrogens with one attached hydrogen (secondary N) is 2.